The zero-order chi connectivity index (χ0) is 11.0. The Morgan fingerprint density at radius 3 is 2.93 bits per heavy atom. The zero-order valence-electron chi connectivity index (χ0n) is 8.56. The van der Waals surface area contributed by atoms with Crippen molar-refractivity contribution in [3.05, 3.63) is 23.8 Å². The van der Waals surface area contributed by atoms with Crippen LogP contribution in [0.5, 0.6) is 0 Å². The Labute approximate surface area is 86.4 Å². The number of carboxylic acids is 1. The third-order valence-corrected chi connectivity index (χ3v) is 2.32. The molecular formula is C10H11N3O2. The summed E-state index contributed by atoms with van der Waals surface area (Å²) in [5, 5.41) is 8.87. The van der Waals surface area contributed by atoms with Gasteiger partial charge < -0.3 is 9.67 Å². The molecule has 0 spiro atoms. The number of aromatic carboxylic acids is 1. The highest BCUT2D eigenvalue weighted by atomic mass is 16.4. The topological polar surface area (TPSA) is 68.0 Å². The minimum atomic E-state index is -1.02. The van der Waals surface area contributed by atoms with E-state index in [1.54, 1.807) is 6.33 Å². The normalized spacial score (nSPS) is 10.8. The van der Waals surface area contributed by atoms with E-state index in [4.69, 9.17) is 5.11 Å². The summed E-state index contributed by atoms with van der Waals surface area (Å²) in [6.45, 7) is 1.94. The minimum Gasteiger partial charge on any atom is -0.477 e. The van der Waals surface area contributed by atoms with Gasteiger partial charge in [-0.05, 0) is 12.5 Å². The molecule has 0 aliphatic heterocycles. The molecule has 2 aromatic rings. The van der Waals surface area contributed by atoms with Crippen molar-refractivity contribution in [2.24, 2.45) is 7.05 Å². The highest BCUT2D eigenvalue weighted by Gasteiger charge is 2.12. The molecule has 2 heterocycles. The maximum atomic E-state index is 10.8. The van der Waals surface area contributed by atoms with Gasteiger partial charge in [-0.2, -0.15) is 0 Å². The van der Waals surface area contributed by atoms with Crippen LogP contribution in [0.1, 0.15) is 23.1 Å². The first-order valence-electron chi connectivity index (χ1n) is 4.67. The van der Waals surface area contributed by atoms with Gasteiger partial charge in [-0.1, -0.05) is 6.92 Å². The van der Waals surface area contributed by atoms with Gasteiger partial charge >= 0.3 is 5.97 Å². The van der Waals surface area contributed by atoms with Crippen molar-refractivity contribution >= 4 is 17.0 Å². The van der Waals surface area contributed by atoms with Crippen molar-refractivity contribution in [3.8, 4) is 0 Å². The molecule has 78 valence electrons. The molecule has 0 fully saturated rings. The number of carboxylic acid groups (broad SMARTS) is 1. The van der Waals surface area contributed by atoms with Crippen LogP contribution in [-0.2, 0) is 13.5 Å². The van der Waals surface area contributed by atoms with Gasteiger partial charge in [0.1, 0.15) is 0 Å². The van der Waals surface area contributed by atoms with Crippen LogP contribution in [0.2, 0.25) is 0 Å². The van der Waals surface area contributed by atoms with Gasteiger partial charge in [-0.15, -0.1) is 0 Å². The molecule has 5 nitrogen and oxygen atoms in total. The van der Waals surface area contributed by atoms with Gasteiger partial charge in [-0.25, -0.2) is 14.8 Å². The minimum absolute atomic E-state index is 0.0538. The van der Waals surface area contributed by atoms with Gasteiger partial charge in [0.05, 0.1) is 23.1 Å². The zero-order valence-corrected chi connectivity index (χ0v) is 8.56. The van der Waals surface area contributed by atoms with Crippen molar-refractivity contribution in [2.75, 3.05) is 0 Å². The molecule has 5 heteroatoms. The van der Waals surface area contributed by atoms with E-state index in [0.29, 0.717) is 11.9 Å². The number of hydrogen-bond donors (Lipinski definition) is 1. The first-order chi connectivity index (χ1) is 7.13. The van der Waals surface area contributed by atoms with E-state index in [0.717, 1.165) is 11.2 Å². The molecule has 0 saturated heterocycles. The van der Waals surface area contributed by atoms with E-state index >= 15 is 0 Å². The van der Waals surface area contributed by atoms with Crippen LogP contribution in [0.25, 0.3) is 11.0 Å². The van der Waals surface area contributed by atoms with Crippen LogP contribution in [0.3, 0.4) is 0 Å². The van der Waals surface area contributed by atoms with Crippen LogP contribution in [0.15, 0.2) is 12.4 Å². The highest BCUT2D eigenvalue weighted by molar-refractivity contribution is 5.90. The molecular weight excluding hydrogens is 194 g/mol. The maximum Gasteiger partial charge on any atom is 0.354 e. The Kier molecular flexibility index (Phi) is 2.15. The number of rotatable bonds is 2. The lowest BCUT2D eigenvalue weighted by atomic mass is 10.2. The summed E-state index contributed by atoms with van der Waals surface area (Å²) in [4.78, 5) is 19.0. The molecule has 0 aromatic carbocycles. The van der Waals surface area contributed by atoms with Gasteiger partial charge in [0.15, 0.2) is 5.69 Å². The Morgan fingerprint density at radius 2 is 2.33 bits per heavy atom. The second-order valence-corrected chi connectivity index (χ2v) is 3.34. The van der Waals surface area contributed by atoms with Crippen LogP contribution in [-0.4, -0.2) is 25.6 Å². The summed E-state index contributed by atoms with van der Waals surface area (Å²) in [7, 11) is 1.87. The molecule has 1 N–H and O–H groups in total. The summed E-state index contributed by atoms with van der Waals surface area (Å²) in [6, 6.07) is 1.50. The van der Waals surface area contributed by atoms with Crippen molar-refractivity contribution in [3.63, 3.8) is 0 Å². The highest BCUT2D eigenvalue weighted by Crippen LogP contribution is 2.17. The van der Waals surface area contributed by atoms with Crippen molar-refractivity contribution in [1.82, 2.24) is 14.5 Å². The number of aromatic nitrogens is 3. The Morgan fingerprint density at radius 1 is 1.60 bits per heavy atom. The number of aryl methyl sites for hydroxylation is 2. The molecule has 0 radical (unpaired) electrons. The number of nitrogens with zero attached hydrogens (tertiary/aromatic N) is 3. The molecule has 0 bridgehead atoms. The van der Waals surface area contributed by atoms with Crippen LogP contribution in [0, 0.1) is 0 Å². The molecule has 0 unspecified atom stereocenters. The molecule has 0 saturated carbocycles. The van der Waals surface area contributed by atoms with E-state index in [1.165, 1.54) is 6.07 Å². The number of hydrogen-bond acceptors (Lipinski definition) is 3. The van der Waals surface area contributed by atoms with Crippen molar-refractivity contribution in [1.29, 1.82) is 0 Å². The summed E-state index contributed by atoms with van der Waals surface area (Å²) >= 11 is 0. The monoisotopic (exact) mass is 205 g/mol. The van der Waals surface area contributed by atoms with E-state index in [2.05, 4.69) is 9.97 Å². The molecule has 15 heavy (non-hydrogen) atoms. The SMILES string of the molecule is CCc1nc(C(=O)O)cc2ncn(C)c12. The lowest BCUT2D eigenvalue weighted by Crippen LogP contribution is -2.04. The number of fused-ring (bicyclic) bond motifs is 1. The third kappa shape index (κ3) is 1.45. The van der Waals surface area contributed by atoms with E-state index in [1.807, 2.05) is 18.5 Å². The average Bonchev–Trinajstić information content (AvgIpc) is 2.59. The number of imidazole rings is 1. The average molecular weight is 205 g/mol. The second-order valence-electron chi connectivity index (χ2n) is 3.34. The Hall–Kier alpha value is -1.91. The van der Waals surface area contributed by atoms with Gasteiger partial charge in [-0.3, -0.25) is 0 Å². The van der Waals surface area contributed by atoms with Crippen molar-refractivity contribution in [2.45, 2.75) is 13.3 Å². The predicted octanol–water partition coefficient (Wildman–Crippen LogP) is 1.23. The molecule has 2 aromatic heterocycles. The smallest absolute Gasteiger partial charge is 0.354 e. The fourth-order valence-corrected chi connectivity index (χ4v) is 1.62. The van der Waals surface area contributed by atoms with E-state index in [-0.39, 0.29) is 5.69 Å². The number of carbonyl (C=O) groups is 1. The Balaban J connectivity index is 2.79. The molecule has 0 atom stereocenters. The Bertz CT molecular complexity index is 531. The summed E-state index contributed by atoms with van der Waals surface area (Å²) in [5.41, 5.74) is 2.41. The van der Waals surface area contributed by atoms with Gasteiger partial charge in [0.25, 0.3) is 0 Å². The van der Waals surface area contributed by atoms with Crippen LogP contribution < -0.4 is 0 Å². The van der Waals surface area contributed by atoms with Crippen LogP contribution >= 0.6 is 0 Å². The number of pyridine rings is 1. The molecule has 0 aliphatic rings. The first kappa shape index (κ1) is 9.64. The summed E-state index contributed by atoms with van der Waals surface area (Å²) < 4.78 is 1.85. The predicted molar refractivity (Wildman–Crippen MR) is 54.8 cm³/mol. The first-order valence-corrected chi connectivity index (χ1v) is 4.67. The molecule has 2 rings (SSSR count). The fourth-order valence-electron chi connectivity index (χ4n) is 1.62. The molecule has 0 aliphatic carbocycles. The van der Waals surface area contributed by atoms with E-state index < -0.39 is 5.97 Å². The van der Waals surface area contributed by atoms with Crippen LogP contribution in [0.4, 0.5) is 0 Å². The summed E-state index contributed by atoms with van der Waals surface area (Å²) in [5.74, 6) is -1.02. The standard InChI is InChI=1S/C10H11N3O2/c1-3-6-9-7(11-5-13(9)2)4-8(12-6)10(14)15/h4-5H,3H2,1-2H3,(H,14,15). The van der Waals surface area contributed by atoms with Gasteiger partial charge in [0.2, 0.25) is 0 Å². The van der Waals surface area contributed by atoms with Crippen molar-refractivity contribution < 1.29 is 9.90 Å². The maximum absolute atomic E-state index is 10.8. The lowest BCUT2D eigenvalue weighted by Gasteiger charge is -2.03. The molecule has 0 amide bonds. The second kappa shape index (κ2) is 3.34. The largest absolute Gasteiger partial charge is 0.477 e. The summed E-state index contributed by atoms with van der Waals surface area (Å²) in [6.07, 6.45) is 2.36. The van der Waals surface area contributed by atoms with Gasteiger partial charge in [0, 0.05) is 7.05 Å². The third-order valence-electron chi connectivity index (χ3n) is 2.32. The lowest BCUT2D eigenvalue weighted by molar-refractivity contribution is 0.0690. The fraction of sp³-hybridized carbons (Fsp3) is 0.300. The quantitative estimate of drug-likeness (QED) is 0.800. The van der Waals surface area contributed by atoms with E-state index in [9.17, 15) is 4.79 Å².